The van der Waals surface area contributed by atoms with E-state index in [9.17, 15) is 0 Å². The third-order valence-corrected chi connectivity index (χ3v) is 2.74. The maximum absolute atomic E-state index is 5.23. The molecule has 0 aliphatic heterocycles. The number of aryl methyl sites for hydroxylation is 1. The van der Waals surface area contributed by atoms with Gasteiger partial charge in [0, 0.05) is 24.8 Å². The molecule has 1 atom stereocenters. The van der Waals surface area contributed by atoms with Crippen LogP contribution in [0.2, 0.25) is 0 Å². The third-order valence-electron chi connectivity index (χ3n) is 2.74. The summed E-state index contributed by atoms with van der Waals surface area (Å²) in [6.07, 6.45) is 2.20. The van der Waals surface area contributed by atoms with Crippen LogP contribution < -0.4 is 5.32 Å². The minimum atomic E-state index is 0.314. The van der Waals surface area contributed by atoms with Gasteiger partial charge in [0.2, 0.25) is 0 Å². The lowest BCUT2D eigenvalue weighted by molar-refractivity contribution is 0.182. The van der Waals surface area contributed by atoms with E-state index in [2.05, 4.69) is 36.1 Å². The van der Waals surface area contributed by atoms with Gasteiger partial charge in [-0.15, -0.1) is 0 Å². The Bertz CT molecular complexity index is 360. The number of nitrogens with zero attached hydrogens (tertiary/aromatic N) is 2. The largest absolute Gasteiger partial charge is 0.383 e. The predicted molar refractivity (Wildman–Crippen MR) is 75.1 cm³/mol. The second-order valence-corrected chi connectivity index (χ2v) is 4.99. The number of ether oxygens (including phenoxy) is 1. The SMILES string of the molecule is CCCC(COC)Nc1cc(C)nc(C(C)C)n1. The second kappa shape index (κ2) is 7.31. The molecule has 0 aliphatic rings. The first-order valence-electron chi connectivity index (χ1n) is 6.67. The highest BCUT2D eigenvalue weighted by molar-refractivity contribution is 5.37. The quantitative estimate of drug-likeness (QED) is 0.808. The molecule has 0 saturated heterocycles. The number of hydrogen-bond acceptors (Lipinski definition) is 4. The van der Waals surface area contributed by atoms with Gasteiger partial charge < -0.3 is 10.1 Å². The minimum absolute atomic E-state index is 0.314. The van der Waals surface area contributed by atoms with Crippen molar-refractivity contribution in [3.05, 3.63) is 17.6 Å². The summed E-state index contributed by atoms with van der Waals surface area (Å²) in [4.78, 5) is 9.01. The maximum atomic E-state index is 5.23. The number of hydrogen-bond donors (Lipinski definition) is 1. The Morgan fingerprint density at radius 3 is 2.61 bits per heavy atom. The average Bonchev–Trinajstić information content (AvgIpc) is 2.28. The molecule has 0 radical (unpaired) electrons. The summed E-state index contributed by atoms with van der Waals surface area (Å²) in [5, 5.41) is 3.44. The van der Waals surface area contributed by atoms with Crippen molar-refractivity contribution in [2.24, 2.45) is 0 Å². The summed E-state index contributed by atoms with van der Waals surface area (Å²) in [7, 11) is 1.73. The topological polar surface area (TPSA) is 47.0 Å². The minimum Gasteiger partial charge on any atom is -0.383 e. The van der Waals surface area contributed by atoms with Gasteiger partial charge in [0.1, 0.15) is 11.6 Å². The molecule has 0 spiro atoms. The van der Waals surface area contributed by atoms with Crippen LogP contribution in [0.1, 0.15) is 51.0 Å². The first-order chi connectivity index (χ1) is 8.56. The number of nitrogens with one attached hydrogen (secondary N) is 1. The Kier molecular flexibility index (Phi) is 6.05. The first kappa shape index (κ1) is 14.9. The molecule has 0 amide bonds. The monoisotopic (exact) mass is 251 g/mol. The molecular formula is C14H25N3O. The number of rotatable bonds is 7. The Morgan fingerprint density at radius 2 is 2.06 bits per heavy atom. The molecule has 18 heavy (non-hydrogen) atoms. The van der Waals surface area contributed by atoms with Crippen LogP contribution in [0.15, 0.2) is 6.07 Å². The van der Waals surface area contributed by atoms with Crippen LogP contribution in [0.5, 0.6) is 0 Å². The molecule has 102 valence electrons. The van der Waals surface area contributed by atoms with Gasteiger partial charge in [-0.1, -0.05) is 27.2 Å². The average molecular weight is 251 g/mol. The van der Waals surface area contributed by atoms with Crippen LogP contribution >= 0.6 is 0 Å². The fourth-order valence-corrected chi connectivity index (χ4v) is 1.88. The van der Waals surface area contributed by atoms with Gasteiger partial charge in [0.15, 0.2) is 0 Å². The molecule has 1 rings (SSSR count). The van der Waals surface area contributed by atoms with Gasteiger partial charge in [-0.3, -0.25) is 0 Å². The predicted octanol–water partition coefficient (Wildman–Crippen LogP) is 3.14. The summed E-state index contributed by atoms with van der Waals surface area (Å²) in [6, 6.07) is 2.30. The van der Waals surface area contributed by atoms with E-state index in [4.69, 9.17) is 4.74 Å². The molecule has 1 aromatic heterocycles. The first-order valence-corrected chi connectivity index (χ1v) is 6.67. The van der Waals surface area contributed by atoms with Crippen LogP contribution in [-0.4, -0.2) is 29.7 Å². The van der Waals surface area contributed by atoms with E-state index in [-0.39, 0.29) is 0 Å². The number of anilines is 1. The lowest BCUT2D eigenvalue weighted by Crippen LogP contribution is -2.25. The molecule has 1 aromatic rings. The lowest BCUT2D eigenvalue weighted by Gasteiger charge is -2.18. The van der Waals surface area contributed by atoms with Gasteiger partial charge in [-0.25, -0.2) is 9.97 Å². The van der Waals surface area contributed by atoms with Crippen LogP contribution in [0, 0.1) is 6.92 Å². The summed E-state index contributed by atoms with van der Waals surface area (Å²) in [6.45, 7) is 9.10. The molecule has 1 heterocycles. The molecule has 0 saturated carbocycles. The maximum Gasteiger partial charge on any atom is 0.133 e. The highest BCUT2D eigenvalue weighted by Gasteiger charge is 2.11. The fraction of sp³-hybridized carbons (Fsp3) is 0.714. The lowest BCUT2D eigenvalue weighted by atomic mass is 10.1. The van der Waals surface area contributed by atoms with E-state index in [0.29, 0.717) is 18.6 Å². The summed E-state index contributed by atoms with van der Waals surface area (Å²) in [5.74, 6) is 2.14. The molecular weight excluding hydrogens is 226 g/mol. The van der Waals surface area contributed by atoms with Gasteiger partial charge in [0.05, 0.1) is 12.6 Å². The molecule has 0 aromatic carbocycles. The molecule has 1 unspecified atom stereocenters. The van der Waals surface area contributed by atoms with Crippen molar-refractivity contribution in [2.45, 2.75) is 52.5 Å². The van der Waals surface area contributed by atoms with E-state index in [1.54, 1.807) is 7.11 Å². The van der Waals surface area contributed by atoms with Crippen molar-refractivity contribution in [3.63, 3.8) is 0 Å². The Morgan fingerprint density at radius 1 is 1.33 bits per heavy atom. The number of aromatic nitrogens is 2. The van der Waals surface area contributed by atoms with Crippen molar-refractivity contribution in [1.82, 2.24) is 9.97 Å². The fourth-order valence-electron chi connectivity index (χ4n) is 1.88. The standard InChI is InChI=1S/C14H25N3O/c1-6-7-12(9-18-5)16-13-8-11(4)15-14(17-13)10(2)3/h8,10,12H,6-7,9H2,1-5H3,(H,15,16,17). The normalized spacial score (nSPS) is 12.8. The Labute approximate surface area is 110 Å². The van der Waals surface area contributed by atoms with Crippen molar-refractivity contribution in [2.75, 3.05) is 19.0 Å². The second-order valence-electron chi connectivity index (χ2n) is 4.99. The van der Waals surface area contributed by atoms with Crippen molar-refractivity contribution >= 4 is 5.82 Å². The zero-order valence-electron chi connectivity index (χ0n) is 12.2. The summed E-state index contributed by atoms with van der Waals surface area (Å²) < 4.78 is 5.23. The molecule has 1 N–H and O–H groups in total. The third kappa shape index (κ3) is 4.61. The van der Waals surface area contributed by atoms with Gasteiger partial charge in [0.25, 0.3) is 0 Å². The molecule has 4 nitrogen and oxygen atoms in total. The zero-order chi connectivity index (χ0) is 13.5. The van der Waals surface area contributed by atoms with Crippen LogP contribution in [0.4, 0.5) is 5.82 Å². The van der Waals surface area contributed by atoms with E-state index in [0.717, 1.165) is 30.2 Å². The van der Waals surface area contributed by atoms with Gasteiger partial charge in [-0.05, 0) is 13.3 Å². The van der Waals surface area contributed by atoms with E-state index >= 15 is 0 Å². The van der Waals surface area contributed by atoms with Crippen LogP contribution in [0.3, 0.4) is 0 Å². The highest BCUT2D eigenvalue weighted by Crippen LogP contribution is 2.15. The molecule has 0 aliphatic carbocycles. The zero-order valence-corrected chi connectivity index (χ0v) is 12.2. The van der Waals surface area contributed by atoms with Crippen molar-refractivity contribution in [1.29, 1.82) is 0 Å². The van der Waals surface area contributed by atoms with Crippen molar-refractivity contribution < 1.29 is 4.74 Å². The van der Waals surface area contributed by atoms with Gasteiger partial charge in [-0.2, -0.15) is 0 Å². The Hall–Kier alpha value is -1.16. The smallest absolute Gasteiger partial charge is 0.133 e. The van der Waals surface area contributed by atoms with Crippen LogP contribution in [-0.2, 0) is 4.74 Å². The van der Waals surface area contributed by atoms with E-state index < -0.39 is 0 Å². The van der Waals surface area contributed by atoms with E-state index in [1.807, 2.05) is 13.0 Å². The summed E-state index contributed by atoms with van der Waals surface area (Å²) >= 11 is 0. The van der Waals surface area contributed by atoms with Gasteiger partial charge >= 0.3 is 0 Å². The molecule has 4 heteroatoms. The van der Waals surface area contributed by atoms with Crippen molar-refractivity contribution in [3.8, 4) is 0 Å². The van der Waals surface area contributed by atoms with E-state index in [1.165, 1.54) is 0 Å². The Balaban J connectivity index is 2.81. The van der Waals surface area contributed by atoms with Crippen LogP contribution in [0.25, 0.3) is 0 Å². The number of methoxy groups -OCH3 is 1. The highest BCUT2D eigenvalue weighted by atomic mass is 16.5. The molecule has 0 bridgehead atoms. The summed E-state index contributed by atoms with van der Waals surface area (Å²) in [5.41, 5.74) is 1.00. The molecule has 0 fully saturated rings.